The Hall–Kier alpha value is -0.170. The number of nitrogens with zero attached hydrogens (tertiary/aromatic N) is 1. The van der Waals surface area contributed by atoms with Crippen LogP contribution in [-0.2, 0) is 14.8 Å². The summed E-state index contributed by atoms with van der Waals surface area (Å²) >= 11 is 0. The average Bonchev–Trinajstić information content (AvgIpc) is 2.27. The summed E-state index contributed by atoms with van der Waals surface area (Å²) in [5.41, 5.74) is 0. The lowest BCUT2D eigenvalue weighted by Gasteiger charge is -2.27. The second-order valence-corrected chi connectivity index (χ2v) is 6.64. The molecule has 1 saturated heterocycles. The molecule has 16 heavy (non-hydrogen) atoms. The molecule has 1 rings (SSSR count). The summed E-state index contributed by atoms with van der Waals surface area (Å²) in [6.45, 7) is 3.08. The van der Waals surface area contributed by atoms with Crippen LogP contribution in [0.25, 0.3) is 0 Å². The van der Waals surface area contributed by atoms with Crippen LogP contribution in [-0.4, -0.2) is 56.0 Å². The first-order chi connectivity index (χ1) is 7.44. The molecule has 0 amide bonds. The molecule has 1 unspecified atom stereocenters. The Morgan fingerprint density at radius 1 is 1.44 bits per heavy atom. The highest BCUT2D eigenvalue weighted by atomic mass is 32.2. The summed E-state index contributed by atoms with van der Waals surface area (Å²) in [5.74, 6) is 0. The largest absolute Gasteiger partial charge is 0.393 e. The van der Waals surface area contributed by atoms with Crippen molar-refractivity contribution in [1.29, 1.82) is 0 Å². The van der Waals surface area contributed by atoms with Gasteiger partial charge in [0, 0.05) is 26.8 Å². The number of aliphatic hydroxyl groups is 1. The Bertz CT molecular complexity index is 296. The molecule has 0 aromatic carbocycles. The fraction of sp³-hybridized carbons (Fsp3) is 1.00. The highest BCUT2D eigenvalue weighted by molar-refractivity contribution is 7.89. The van der Waals surface area contributed by atoms with Gasteiger partial charge in [-0.25, -0.2) is 12.7 Å². The van der Waals surface area contributed by atoms with E-state index in [4.69, 9.17) is 9.84 Å². The summed E-state index contributed by atoms with van der Waals surface area (Å²) < 4.78 is 30.7. The molecular weight excluding hydrogens is 230 g/mol. The maximum absolute atomic E-state index is 12.1. The molecule has 1 heterocycles. The number of hydrogen-bond acceptors (Lipinski definition) is 4. The van der Waals surface area contributed by atoms with Crippen molar-refractivity contribution in [2.45, 2.75) is 37.5 Å². The fourth-order valence-corrected chi connectivity index (χ4v) is 3.38. The van der Waals surface area contributed by atoms with Gasteiger partial charge in [0.05, 0.1) is 11.4 Å². The smallest absolute Gasteiger partial charge is 0.216 e. The highest BCUT2D eigenvalue weighted by Crippen LogP contribution is 2.18. The second-order valence-electron chi connectivity index (χ2n) is 4.32. The van der Waals surface area contributed by atoms with E-state index in [1.165, 1.54) is 4.31 Å². The van der Waals surface area contributed by atoms with Gasteiger partial charge in [0.2, 0.25) is 10.0 Å². The molecule has 0 aromatic rings. The third-order valence-electron chi connectivity index (χ3n) is 2.89. The highest BCUT2D eigenvalue weighted by Gasteiger charge is 2.31. The molecular formula is C10H21NO4S. The van der Waals surface area contributed by atoms with E-state index >= 15 is 0 Å². The molecule has 0 aliphatic carbocycles. The summed E-state index contributed by atoms with van der Waals surface area (Å²) in [6.07, 6.45) is 1.15. The van der Waals surface area contributed by atoms with E-state index in [2.05, 4.69) is 0 Å². The zero-order valence-corrected chi connectivity index (χ0v) is 10.7. The maximum Gasteiger partial charge on any atom is 0.216 e. The van der Waals surface area contributed by atoms with Crippen molar-refractivity contribution in [3.8, 4) is 0 Å². The van der Waals surface area contributed by atoms with Crippen molar-refractivity contribution in [3.05, 3.63) is 0 Å². The van der Waals surface area contributed by atoms with E-state index < -0.39 is 16.1 Å². The predicted octanol–water partition coefficient (Wildman–Crippen LogP) is 0.198. The quantitative estimate of drug-likeness (QED) is 0.758. The number of aliphatic hydroxyl groups excluding tert-OH is 1. The monoisotopic (exact) mass is 251 g/mol. The van der Waals surface area contributed by atoms with Crippen LogP contribution in [0.5, 0.6) is 0 Å². The van der Waals surface area contributed by atoms with Crippen LogP contribution in [0.2, 0.25) is 0 Å². The standard InChI is InChI=1S/C10H21NO4S/c1-9(12)3-6-11(2)16(13,14)10-4-7-15-8-5-10/h9-10,12H,3-8H2,1-2H3. The third-order valence-corrected chi connectivity index (χ3v) is 5.25. The van der Waals surface area contributed by atoms with Gasteiger partial charge < -0.3 is 9.84 Å². The number of rotatable bonds is 5. The van der Waals surface area contributed by atoms with Gasteiger partial charge in [0.1, 0.15) is 0 Å². The van der Waals surface area contributed by atoms with Gasteiger partial charge in [-0.1, -0.05) is 0 Å². The Labute approximate surface area is 97.4 Å². The van der Waals surface area contributed by atoms with Crippen molar-refractivity contribution in [2.75, 3.05) is 26.8 Å². The Balaban J connectivity index is 2.54. The van der Waals surface area contributed by atoms with Crippen molar-refractivity contribution in [2.24, 2.45) is 0 Å². The molecule has 1 aliphatic rings. The molecule has 5 nitrogen and oxygen atoms in total. The van der Waals surface area contributed by atoms with Crippen LogP contribution in [0.3, 0.4) is 0 Å². The van der Waals surface area contributed by atoms with Crippen molar-refractivity contribution in [1.82, 2.24) is 4.31 Å². The van der Waals surface area contributed by atoms with Gasteiger partial charge in [-0.3, -0.25) is 0 Å². The number of sulfonamides is 1. The molecule has 1 aliphatic heterocycles. The molecule has 1 fully saturated rings. The summed E-state index contributed by atoms with van der Waals surface area (Å²) in [6, 6.07) is 0. The maximum atomic E-state index is 12.1. The molecule has 1 N–H and O–H groups in total. The van der Waals surface area contributed by atoms with E-state index in [9.17, 15) is 8.42 Å². The Morgan fingerprint density at radius 2 is 2.00 bits per heavy atom. The molecule has 1 atom stereocenters. The van der Waals surface area contributed by atoms with Crippen molar-refractivity contribution in [3.63, 3.8) is 0 Å². The van der Waals surface area contributed by atoms with Crippen LogP contribution < -0.4 is 0 Å². The predicted molar refractivity (Wildman–Crippen MR) is 61.7 cm³/mol. The lowest BCUT2D eigenvalue weighted by atomic mass is 10.2. The normalized spacial score (nSPS) is 21.2. The molecule has 0 radical (unpaired) electrons. The van der Waals surface area contributed by atoms with Crippen molar-refractivity contribution < 1.29 is 18.3 Å². The van der Waals surface area contributed by atoms with Gasteiger partial charge in [0.15, 0.2) is 0 Å². The van der Waals surface area contributed by atoms with E-state index in [0.717, 1.165) is 0 Å². The second kappa shape index (κ2) is 5.95. The molecule has 96 valence electrons. The molecule has 0 bridgehead atoms. The first kappa shape index (κ1) is 13.9. The van der Waals surface area contributed by atoms with E-state index in [-0.39, 0.29) is 5.25 Å². The van der Waals surface area contributed by atoms with Crippen LogP contribution in [0.15, 0.2) is 0 Å². The Morgan fingerprint density at radius 3 is 2.50 bits per heavy atom. The minimum absolute atomic E-state index is 0.319. The van der Waals surface area contributed by atoms with Gasteiger partial charge in [-0.05, 0) is 26.2 Å². The number of ether oxygens (including phenoxy) is 1. The van der Waals surface area contributed by atoms with Gasteiger partial charge in [0.25, 0.3) is 0 Å². The summed E-state index contributed by atoms with van der Waals surface area (Å²) in [5, 5.41) is 8.82. The topological polar surface area (TPSA) is 66.8 Å². The zero-order chi connectivity index (χ0) is 12.2. The van der Waals surface area contributed by atoms with Crippen LogP contribution in [0, 0.1) is 0 Å². The van der Waals surface area contributed by atoms with E-state index in [1.807, 2.05) is 0 Å². The van der Waals surface area contributed by atoms with E-state index in [0.29, 0.717) is 39.0 Å². The van der Waals surface area contributed by atoms with Crippen LogP contribution in [0.4, 0.5) is 0 Å². The summed E-state index contributed by atoms with van der Waals surface area (Å²) in [4.78, 5) is 0. The minimum atomic E-state index is -3.22. The lowest BCUT2D eigenvalue weighted by molar-refractivity contribution is 0.0972. The van der Waals surface area contributed by atoms with Crippen LogP contribution in [0.1, 0.15) is 26.2 Å². The molecule has 0 saturated carbocycles. The average molecular weight is 251 g/mol. The minimum Gasteiger partial charge on any atom is -0.393 e. The summed E-state index contributed by atoms with van der Waals surface area (Å²) in [7, 11) is -1.64. The van der Waals surface area contributed by atoms with Gasteiger partial charge in [-0.2, -0.15) is 0 Å². The SMILES string of the molecule is CC(O)CCN(C)S(=O)(=O)C1CCOCC1. The van der Waals surface area contributed by atoms with Gasteiger partial charge >= 0.3 is 0 Å². The van der Waals surface area contributed by atoms with E-state index in [1.54, 1.807) is 14.0 Å². The van der Waals surface area contributed by atoms with Gasteiger partial charge in [-0.15, -0.1) is 0 Å². The first-order valence-electron chi connectivity index (χ1n) is 5.65. The first-order valence-corrected chi connectivity index (χ1v) is 7.16. The molecule has 0 aromatic heterocycles. The molecule has 0 spiro atoms. The van der Waals surface area contributed by atoms with Crippen molar-refractivity contribution >= 4 is 10.0 Å². The Kier molecular flexibility index (Phi) is 5.17. The zero-order valence-electron chi connectivity index (χ0n) is 9.92. The lowest BCUT2D eigenvalue weighted by Crippen LogP contribution is -2.40. The molecule has 6 heteroatoms. The number of hydrogen-bond donors (Lipinski definition) is 1. The van der Waals surface area contributed by atoms with Crippen LogP contribution >= 0.6 is 0 Å². The fourth-order valence-electron chi connectivity index (χ4n) is 1.72. The third kappa shape index (κ3) is 3.69.